The molecule has 15 heavy (non-hydrogen) atoms. The first-order valence-corrected chi connectivity index (χ1v) is 5.43. The van der Waals surface area contributed by atoms with E-state index in [-0.39, 0.29) is 11.8 Å². The Morgan fingerprint density at radius 3 is 2.93 bits per heavy atom. The fourth-order valence-electron chi connectivity index (χ4n) is 3.53. The van der Waals surface area contributed by atoms with Gasteiger partial charge in [0.2, 0.25) is 6.08 Å². The van der Waals surface area contributed by atoms with Crippen LogP contribution in [0.15, 0.2) is 4.99 Å². The normalized spacial score (nSPS) is 37.6. The third-order valence-corrected chi connectivity index (χ3v) is 4.08. The first-order chi connectivity index (χ1) is 7.18. The molecule has 0 aromatic carbocycles. The molecule has 2 rings (SSSR count). The Hall–Kier alpha value is -1.15. The molecule has 82 valence electrons. The predicted molar refractivity (Wildman–Crippen MR) is 53.1 cm³/mol. The van der Waals surface area contributed by atoms with Gasteiger partial charge in [0.25, 0.3) is 0 Å². The van der Waals surface area contributed by atoms with E-state index in [1.165, 1.54) is 18.9 Å². The van der Waals surface area contributed by atoms with Gasteiger partial charge >= 0.3 is 5.97 Å². The van der Waals surface area contributed by atoms with E-state index in [9.17, 15) is 9.59 Å². The minimum atomic E-state index is -0.776. The van der Waals surface area contributed by atoms with Crippen molar-refractivity contribution in [3.8, 4) is 0 Å². The first-order valence-electron chi connectivity index (χ1n) is 5.43. The monoisotopic (exact) mass is 209 g/mol. The van der Waals surface area contributed by atoms with E-state index in [0.29, 0.717) is 18.4 Å². The summed E-state index contributed by atoms with van der Waals surface area (Å²) >= 11 is 0. The number of nitrogens with zero attached hydrogens (tertiary/aromatic N) is 1. The van der Waals surface area contributed by atoms with Crippen LogP contribution in [-0.2, 0) is 9.59 Å². The number of hydrogen-bond donors (Lipinski definition) is 1. The van der Waals surface area contributed by atoms with Gasteiger partial charge in [-0.25, -0.2) is 9.79 Å². The number of rotatable bonds is 4. The fourth-order valence-corrected chi connectivity index (χ4v) is 3.53. The van der Waals surface area contributed by atoms with E-state index in [0.717, 1.165) is 12.8 Å². The second-order valence-corrected chi connectivity index (χ2v) is 4.84. The molecule has 0 aromatic heterocycles. The Kier molecular flexibility index (Phi) is 2.61. The molecule has 2 aliphatic carbocycles. The lowest BCUT2D eigenvalue weighted by Gasteiger charge is -2.51. The van der Waals surface area contributed by atoms with E-state index in [1.807, 2.05) is 0 Å². The zero-order chi connectivity index (χ0) is 10.9. The van der Waals surface area contributed by atoms with Crippen molar-refractivity contribution in [3.63, 3.8) is 0 Å². The van der Waals surface area contributed by atoms with Crippen molar-refractivity contribution in [1.29, 1.82) is 0 Å². The summed E-state index contributed by atoms with van der Waals surface area (Å²) in [5, 5.41) is 8.89. The lowest BCUT2D eigenvalue weighted by molar-refractivity contribution is -0.145. The lowest BCUT2D eigenvalue weighted by atomic mass is 9.53. The largest absolute Gasteiger partial charge is 0.481 e. The summed E-state index contributed by atoms with van der Waals surface area (Å²) < 4.78 is 0. The highest BCUT2D eigenvalue weighted by Gasteiger charge is 2.55. The summed E-state index contributed by atoms with van der Waals surface area (Å²) in [5.41, 5.74) is -0.232. The molecule has 1 N–H and O–H groups in total. The maximum Gasteiger partial charge on any atom is 0.303 e. The zero-order valence-corrected chi connectivity index (χ0v) is 8.61. The molecule has 0 amide bonds. The molecule has 0 bridgehead atoms. The number of hydrogen-bond acceptors (Lipinski definition) is 3. The SMILES string of the molecule is O=C=NC[C@]1(CC(=O)O)C[C@H]2CCC[C@H]21. The molecule has 0 heterocycles. The number of carboxylic acids is 1. The van der Waals surface area contributed by atoms with Crippen LogP contribution in [0.2, 0.25) is 0 Å². The predicted octanol–water partition coefficient (Wildman–Crippen LogP) is 1.60. The molecule has 0 aliphatic heterocycles. The van der Waals surface area contributed by atoms with Gasteiger partial charge in [0.15, 0.2) is 0 Å². The highest BCUT2D eigenvalue weighted by Crippen LogP contribution is 2.60. The van der Waals surface area contributed by atoms with Crippen molar-refractivity contribution >= 4 is 12.0 Å². The summed E-state index contributed by atoms with van der Waals surface area (Å²) in [4.78, 5) is 24.6. The van der Waals surface area contributed by atoms with Crippen LogP contribution in [0.1, 0.15) is 32.1 Å². The summed E-state index contributed by atoms with van der Waals surface area (Å²) in [6.45, 7) is 0.351. The van der Waals surface area contributed by atoms with Gasteiger partial charge in [-0.3, -0.25) is 4.79 Å². The first kappa shape index (κ1) is 10.4. The molecule has 3 atom stereocenters. The molecule has 2 saturated carbocycles. The van der Waals surface area contributed by atoms with Crippen LogP contribution in [0, 0.1) is 17.3 Å². The molecule has 4 nitrogen and oxygen atoms in total. The van der Waals surface area contributed by atoms with Crippen molar-refractivity contribution < 1.29 is 14.7 Å². The lowest BCUT2D eigenvalue weighted by Crippen LogP contribution is -2.48. The van der Waals surface area contributed by atoms with Gasteiger partial charge in [-0.1, -0.05) is 12.8 Å². The third kappa shape index (κ3) is 1.70. The van der Waals surface area contributed by atoms with Crippen LogP contribution in [-0.4, -0.2) is 23.7 Å². The minimum absolute atomic E-state index is 0.152. The van der Waals surface area contributed by atoms with Gasteiger partial charge in [-0.15, -0.1) is 0 Å². The molecule has 0 unspecified atom stereocenters. The molecule has 0 aromatic rings. The molecule has 2 fully saturated rings. The maximum absolute atomic E-state index is 10.8. The highest BCUT2D eigenvalue weighted by molar-refractivity contribution is 5.68. The van der Waals surface area contributed by atoms with E-state index < -0.39 is 5.97 Å². The topological polar surface area (TPSA) is 66.7 Å². The van der Waals surface area contributed by atoms with Gasteiger partial charge in [-0.05, 0) is 24.7 Å². The summed E-state index contributed by atoms with van der Waals surface area (Å²) in [7, 11) is 0. The number of isocyanates is 1. The third-order valence-electron chi connectivity index (χ3n) is 4.08. The maximum atomic E-state index is 10.8. The minimum Gasteiger partial charge on any atom is -0.481 e. The summed E-state index contributed by atoms with van der Waals surface area (Å²) in [6, 6.07) is 0. The van der Waals surface area contributed by atoms with Crippen molar-refractivity contribution in [2.24, 2.45) is 22.2 Å². The molecule has 0 spiro atoms. The number of carbonyl (C=O) groups is 1. The Bertz CT molecular complexity index is 316. The number of carbonyl (C=O) groups excluding carboxylic acids is 1. The Labute approximate surface area is 88.4 Å². The average molecular weight is 209 g/mol. The molecule has 0 radical (unpaired) electrons. The molecule has 2 aliphatic rings. The Morgan fingerprint density at radius 1 is 1.53 bits per heavy atom. The van der Waals surface area contributed by atoms with E-state index >= 15 is 0 Å². The Balaban J connectivity index is 2.09. The second-order valence-electron chi connectivity index (χ2n) is 4.84. The second kappa shape index (κ2) is 3.78. The Morgan fingerprint density at radius 2 is 2.33 bits per heavy atom. The van der Waals surface area contributed by atoms with Crippen LogP contribution in [0.5, 0.6) is 0 Å². The van der Waals surface area contributed by atoms with Gasteiger partial charge < -0.3 is 5.11 Å². The van der Waals surface area contributed by atoms with E-state index in [1.54, 1.807) is 0 Å². The van der Waals surface area contributed by atoms with Crippen molar-refractivity contribution in [2.45, 2.75) is 32.1 Å². The zero-order valence-electron chi connectivity index (χ0n) is 8.61. The van der Waals surface area contributed by atoms with Crippen LogP contribution in [0.4, 0.5) is 0 Å². The van der Waals surface area contributed by atoms with E-state index in [4.69, 9.17) is 5.11 Å². The van der Waals surface area contributed by atoms with Crippen LogP contribution >= 0.6 is 0 Å². The summed E-state index contributed by atoms with van der Waals surface area (Å²) in [5.74, 6) is 0.387. The average Bonchev–Trinajstić information content (AvgIpc) is 2.55. The van der Waals surface area contributed by atoms with Gasteiger partial charge in [-0.2, -0.15) is 0 Å². The number of aliphatic carboxylic acids is 1. The highest BCUT2D eigenvalue weighted by atomic mass is 16.4. The van der Waals surface area contributed by atoms with Crippen LogP contribution in [0.3, 0.4) is 0 Å². The molecule has 0 saturated heterocycles. The van der Waals surface area contributed by atoms with Gasteiger partial charge in [0.05, 0.1) is 13.0 Å². The van der Waals surface area contributed by atoms with Gasteiger partial charge in [0.1, 0.15) is 0 Å². The number of carboxylic acid groups (broad SMARTS) is 1. The van der Waals surface area contributed by atoms with Crippen LogP contribution < -0.4 is 0 Å². The van der Waals surface area contributed by atoms with Crippen LogP contribution in [0.25, 0.3) is 0 Å². The fraction of sp³-hybridized carbons (Fsp3) is 0.818. The smallest absolute Gasteiger partial charge is 0.303 e. The summed E-state index contributed by atoms with van der Waals surface area (Å²) in [6.07, 6.45) is 6.12. The molecule has 4 heteroatoms. The quantitative estimate of drug-likeness (QED) is 0.565. The molecular weight excluding hydrogens is 194 g/mol. The number of aliphatic imine (C=N–C) groups is 1. The standard InChI is InChI=1S/C11H15NO3/c13-7-12-6-11(5-10(14)15)4-8-2-1-3-9(8)11/h8-9H,1-6H2,(H,14,15)/t8-,9-,11-/m1/s1. The van der Waals surface area contributed by atoms with E-state index in [2.05, 4.69) is 4.99 Å². The number of fused-ring (bicyclic) bond motifs is 1. The molecular formula is C11H15NO3. The van der Waals surface area contributed by atoms with Crippen molar-refractivity contribution in [3.05, 3.63) is 0 Å². The van der Waals surface area contributed by atoms with Crippen molar-refractivity contribution in [1.82, 2.24) is 0 Å². The van der Waals surface area contributed by atoms with Crippen molar-refractivity contribution in [2.75, 3.05) is 6.54 Å². The van der Waals surface area contributed by atoms with Gasteiger partial charge in [0, 0.05) is 5.41 Å².